The molecule has 2 atom stereocenters. The summed E-state index contributed by atoms with van der Waals surface area (Å²) < 4.78 is 5.80. The van der Waals surface area contributed by atoms with Crippen LogP contribution < -0.4 is 15.4 Å². The van der Waals surface area contributed by atoms with Crippen LogP contribution in [0.2, 0.25) is 0 Å². The highest BCUT2D eigenvalue weighted by molar-refractivity contribution is 5.59. The van der Waals surface area contributed by atoms with E-state index in [-0.39, 0.29) is 12.1 Å². The van der Waals surface area contributed by atoms with E-state index in [0.29, 0.717) is 6.61 Å². The second kappa shape index (κ2) is 8.62. The van der Waals surface area contributed by atoms with E-state index < -0.39 is 0 Å². The van der Waals surface area contributed by atoms with E-state index >= 15 is 0 Å². The highest BCUT2D eigenvalue weighted by atomic mass is 16.5. The topological polar surface area (TPSA) is 50.4 Å². The molecule has 2 aromatic carbocycles. The van der Waals surface area contributed by atoms with Crippen LogP contribution in [0.1, 0.15) is 24.0 Å². The van der Waals surface area contributed by atoms with Gasteiger partial charge in [0.05, 0.1) is 6.04 Å². The Bertz CT molecular complexity index is 628. The number of rotatable bonds is 7. The standard InChI is InChI=1S/C20H24N2O2/c23-14-20-19(7-4-12-21-20)22-13-16-8-10-18(11-9-16)24-15-17-5-2-1-3-6-17/h1-3,5-6,8-11,14,19-22H,4,7,12-13,15H2. The van der Waals surface area contributed by atoms with E-state index in [1.807, 2.05) is 30.3 Å². The third-order valence-corrected chi connectivity index (χ3v) is 4.39. The average molecular weight is 324 g/mol. The van der Waals surface area contributed by atoms with E-state index in [4.69, 9.17) is 4.74 Å². The lowest BCUT2D eigenvalue weighted by Crippen LogP contribution is -2.52. The molecule has 3 rings (SSSR count). The van der Waals surface area contributed by atoms with Crippen LogP contribution in [-0.4, -0.2) is 24.9 Å². The van der Waals surface area contributed by atoms with Gasteiger partial charge in [0, 0.05) is 12.6 Å². The maximum atomic E-state index is 11.1. The van der Waals surface area contributed by atoms with Gasteiger partial charge in [-0.05, 0) is 42.6 Å². The normalized spacial score (nSPS) is 20.5. The van der Waals surface area contributed by atoms with Crippen molar-refractivity contribution in [1.82, 2.24) is 10.6 Å². The summed E-state index contributed by atoms with van der Waals surface area (Å²) in [5.41, 5.74) is 2.35. The molecule has 1 fully saturated rings. The molecule has 1 heterocycles. The van der Waals surface area contributed by atoms with E-state index in [2.05, 4.69) is 34.9 Å². The zero-order valence-corrected chi connectivity index (χ0v) is 13.8. The third-order valence-electron chi connectivity index (χ3n) is 4.39. The molecule has 24 heavy (non-hydrogen) atoms. The molecule has 2 unspecified atom stereocenters. The quantitative estimate of drug-likeness (QED) is 0.769. The van der Waals surface area contributed by atoms with Gasteiger partial charge in [0.25, 0.3) is 0 Å². The fourth-order valence-corrected chi connectivity index (χ4v) is 2.98. The third kappa shape index (κ3) is 4.66. The Morgan fingerprint density at radius 1 is 1.08 bits per heavy atom. The molecule has 0 bridgehead atoms. The van der Waals surface area contributed by atoms with Crippen molar-refractivity contribution in [2.75, 3.05) is 6.54 Å². The molecule has 0 aliphatic carbocycles. The number of aldehydes is 1. The summed E-state index contributed by atoms with van der Waals surface area (Å²) in [6, 6.07) is 18.4. The molecule has 2 N–H and O–H groups in total. The maximum Gasteiger partial charge on any atom is 0.138 e. The molecule has 0 radical (unpaired) electrons. The molecule has 0 spiro atoms. The fraction of sp³-hybridized carbons (Fsp3) is 0.350. The number of carbonyl (C=O) groups excluding carboxylic acids is 1. The number of piperidine rings is 1. The van der Waals surface area contributed by atoms with Crippen LogP contribution in [0.25, 0.3) is 0 Å². The molecule has 4 heteroatoms. The molecule has 4 nitrogen and oxygen atoms in total. The minimum absolute atomic E-state index is 0.0766. The van der Waals surface area contributed by atoms with Crippen LogP contribution in [-0.2, 0) is 17.9 Å². The van der Waals surface area contributed by atoms with Crippen molar-refractivity contribution < 1.29 is 9.53 Å². The van der Waals surface area contributed by atoms with Crippen molar-refractivity contribution in [3.05, 3.63) is 65.7 Å². The molecule has 1 aliphatic heterocycles. The molecular formula is C20H24N2O2. The number of carbonyl (C=O) groups is 1. The Kier molecular flexibility index (Phi) is 5.99. The van der Waals surface area contributed by atoms with Gasteiger partial charge in [-0.3, -0.25) is 0 Å². The molecule has 1 saturated heterocycles. The molecule has 0 aromatic heterocycles. The van der Waals surface area contributed by atoms with Crippen molar-refractivity contribution in [3.8, 4) is 5.75 Å². The van der Waals surface area contributed by atoms with Crippen molar-refractivity contribution >= 4 is 6.29 Å². The minimum Gasteiger partial charge on any atom is -0.489 e. The number of hydrogen-bond acceptors (Lipinski definition) is 4. The van der Waals surface area contributed by atoms with Gasteiger partial charge in [0.15, 0.2) is 0 Å². The monoisotopic (exact) mass is 324 g/mol. The van der Waals surface area contributed by atoms with Gasteiger partial charge in [-0.15, -0.1) is 0 Å². The largest absolute Gasteiger partial charge is 0.489 e. The highest BCUT2D eigenvalue weighted by Crippen LogP contribution is 2.15. The molecule has 2 aromatic rings. The van der Waals surface area contributed by atoms with E-state index in [0.717, 1.165) is 43.5 Å². The van der Waals surface area contributed by atoms with Crippen molar-refractivity contribution in [2.45, 2.75) is 38.1 Å². The second-order valence-corrected chi connectivity index (χ2v) is 6.16. The predicted octanol–water partition coefficient (Wildman–Crippen LogP) is 2.67. The zero-order chi connectivity index (χ0) is 16.6. The molecule has 126 valence electrons. The second-order valence-electron chi connectivity index (χ2n) is 6.16. The summed E-state index contributed by atoms with van der Waals surface area (Å²) >= 11 is 0. The Morgan fingerprint density at radius 2 is 1.88 bits per heavy atom. The van der Waals surface area contributed by atoms with Gasteiger partial charge in [0.2, 0.25) is 0 Å². The summed E-state index contributed by atoms with van der Waals surface area (Å²) in [5.74, 6) is 0.868. The van der Waals surface area contributed by atoms with Gasteiger partial charge in [-0.2, -0.15) is 0 Å². The summed E-state index contributed by atoms with van der Waals surface area (Å²) in [4.78, 5) is 11.1. The first-order chi connectivity index (χ1) is 11.8. The first-order valence-corrected chi connectivity index (χ1v) is 8.53. The van der Waals surface area contributed by atoms with E-state index in [9.17, 15) is 4.79 Å². The van der Waals surface area contributed by atoms with Crippen LogP contribution in [0.3, 0.4) is 0 Å². The Balaban J connectivity index is 1.48. The Labute approximate surface area is 143 Å². The van der Waals surface area contributed by atoms with Crippen LogP contribution in [0.4, 0.5) is 0 Å². The first kappa shape index (κ1) is 16.7. The molecular weight excluding hydrogens is 300 g/mol. The van der Waals surface area contributed by atoms with Crippen LogP contribution in [0.5, 0.6) is 5.75 Å². The zero-order valence-electron chi connectivity index (χ0n) is 13.8. The summed E-state index contributed by atoms with van der Waals surface area (Å²) in [5, 5.41) is 6.73. The average Bonchev–Trinajstić information content (AvgIpc) is 2.66. The fourth-order valence-electron chi connectivity index (χ4n) is 2.98. The van der Waals surface area contributed by atoms with Gasteiger partial charge in [-0.25, -0.2) is 0 Å². The van der Waals surface area contributed by atoms with Gasteiger partial charge < -0.3 is 20.2 Å². The molecule has 0 saturated carbocycles. The Morgan fingerprint density at radius 3 is 2.62 bits per heavy atom. The number of nitrogens with one attached hydrogen (secondary N) is 2. The summed E-state index contributed by atoms with van der Waals surface area (Å²) in [6.45, 7) is 2.26. The minimum atomic E-state index is -0.0766. The van der Waals surface area contributed by atoms with Crippen molar-refractivity contribution in [3.63, 3.8) is 0 Å². The lowest BCUT2D eigenvalue weighted by atomic mass is 9.99. The molecule has 1 aliphatic rings. The smallest absolute Gasteiger partial charge is 0.138 e. The predicted molar refractivity (Wildman–Crippen MR) is 94.9 cm³/mol. The summed E-state index contributed by atoms with van der Waals surface area (Å²) in [6.07, 6.45) is 3.15. The number of hydrogen-bond donors (Lipinski definition) is 2. The van der Waals surface area contributed by atoms with Crippen molar-refractivity contribution in [1.29, 1.82) is 0 Å². The lowest BCUT2D eigenvalue weighted by molar-refractivity contribution is -0.110. The highest BCUT2D eigenvalue weighted by Gasteiger charge is 2.23. The van der Waals surface area contributed by atoms with Gasteiger partial charge in [0.1, 0.15) is 18.6 Å². The number of benzene rings is 2. The lowest BCUT2D eigenvalue weighted by Gasteiger charge is -2.29. The van der Waals surface area contributed by atoms with Gasteiger partial charge in [-0.1, -0.05) is 42.5 Å². The summed E-state index contributed by atoms with van der Waals surface area (Å²) in [7, 11) is 0. The van der Waals surface area contributed by atoms with Crippen LogP contribution in [0.15, 0.2) is 54.6 Å². The van der Waals surface area contributed by atoms with E-state index in [1.54, 1.807) is 0 Å². The number of ether oxygens (including phenoxy) is 1. The molecule has 0 amide bonds. The van der Waals surface area contributed by atoms with Crippen LogP contribution in [0, 0.1) is 0 Å². The maximum absolute atomic E-state index is 11.1. The SMILES string of the molecule is O=CC1NCCCC1NCc1ccc(OCc2ccccc2)cc1. The first-order valence-electron chi connectivity index (χ1n) is 8.53. The van der Waals surface area contributed by atoms with Crippen molar-refractivity contribution in [2.24, 2.45) is 0 Å². The van der Waals surface area contributed by atoms with Gasteiger partial charge >= 0.3 is 0 Å². The van der Waals surface area contributed by atoms with Crippen LogP contribution >= 0.6 is 0 Å². The van der Waals surface area contributed by atoms with E-state index in [1.165, 1.54) is 5.56 Å². The Hall–Kier alpha value is -2.17.